The summed E-state index contributed by atoms with van der Waals surface area (Å²) < 4.78 is 5.16. The second kappa shape index (κ2) is 5.73. The monoisotopic (exact) mass is 263 g/mol. The van der Waals surface area contributed by atoms with Gasteiger partial charge in [0.25, 0.3) is 0 Å². The van der Waals surface area contributed by atoms with Crippen LogP contribution in [0.25, 0.3) is 0 Å². The van der Waals surface area contributed by atoms with Crippen LogP contribution in [0.3, 0.4) is 0 Å². The summed E-state index contributed by atoms with van der Waals surface area (Å²) in [6, 6.07) is 8.79. The molecule has 1 amide bonds. The Kier molecular flexibility index (Phi) is 4.04. The SMILES string of the molecule is O=C[C@@H]1C(=S)CCN1C(=O)OCc1ccccc1. The second-order valence-corrected chi connectivity index (χ2v) is 4.56. The molecular weight excluding hydrogens is 250 g/mol. The molecule has 1 fully saturated rings. The van der Waals surface area contributed by atoms with Crippen molar-refractivity contribution in [2.24, 2.45) is 0 Å². The quantitative estimate of drug-likeness (QED) is 0.618. The zero-order valence-electron chi connectivity index (χ0n) is 9.74. The first-order valence-electron chi connectivity index (χ1n) is 5.67. The van der Waals surface area contributed by atoms with Crippen molar-refractivity contribution in [3.63, 3.8) is 0 Å². The van der Waals surface area contributed by atoms with Gasteiger partial charge < -0.3 is 9.53 Å². The number of carbonyl (C=O) groups is 2. The molecule has 0 N–H and O–H groups in total. The Balaban J connectivity index is 1.92. The van der Waals surface area contributed by atoms with E-state index in [2.05, 4.69) is 0 Å². The number of likely N-dealkylation sites (tertiary alicyclic amines) is 1. The summed E-state index contributed by atoms with van der Waals surface area (Å²) in [5.74, 6) is 0. The molecule has 5 heteroatoms. The maximum absolute atomic E-state index is 11.8. The minimum atomic E-state index is -0.608. The Labute approximate surface area is 111 Å². The van der Waals surface area contributed by atoms with Gasteiger partial charge in [0, 0.05) is 11.4 Å². The average Bonchev–Trinajstić information content (AvgIpc) is 2.78. The fourth-order valence-corrected chi connectivity index (χ4v) is 2.12. The van der Waals surface area contributed by atoms with E-state index in [4.69, 9.17) is 17.0 Å². The summed E-state index contributed by atoms with van der Waals surface area (Å²) in [7, 11) is 0. The van der Waals surface area contributed by atoms with Crippen molar-refractivity contribution in [1.82, 2.24) is 4.90 Å². The summed E-state index contributed by atoms with van der Waals surface area (Å²) >= 11 is 5.03. The maximum atomic E-state index is 11.8. The molecule has 0 radical (unpaired) electrons. The first kappa shape index (κ1) is 12.7. The van der Waals surface area contributed by atoms with Gasteiger partial charge in [0.1, 0.15) is 18.9 Å². The van der Waals surface area contributed by atoms with Crippen LogP contribution in [0.15, 0.2) is 30.3 Å². The number of ether oxygens (including phenoxy) is 1. The van der Waals surface area contributed by atoms with Crippen molar-refractivity contribution in [3.05, 3.63) is 35.9 Å². The smallest absolute Gasteiger partial charge is 0.411 e. The summed E-state index contributed by atoms with van der Waals surface area (Å²) in [6.07, 6.45) is 0.786. The van der Waals surface area contributed by atoms with Gasteiger partial charge in [-0.3, -0.25) is 4.90 Å². The molecule has 1 aliphatic rings. The molecule has 4 nitrogen and oxygen atoms in total. The first-order valence-corrected chi connectivity index (χ1v) is 6.08. The standard InChI is InChI=1S/C13H13NO3S/c15-8-11-12(18)6-7-14(11)13(16)17-9-10-4-2-1-3-5-10/h1-5,8,11H,6-7,9H2/t11-/m1/s1. The third-order valence-corrected chi connectivity index (χ3v) is 3.28. The highest BCUT2D eigenvalue weighted by molar-refractivity contribution is 7.80. The molecule has 0 unspecified atom stereocenters. The van der Waals surface area contributed by atoms with Gasteiger partial charge >= 0.3 is 6.09 Å². The van der Waals surface area contributed by atoms with Gasteiger partial charge in [0.15, 0.2) is 0 Å². The van der Waals surface area contributed by atoms with Crippen LogP contribution in [-0.4, -0.2) is 34.7 Å². The number of aldehydes is 1. The van der Waals surface area contributed by atoms with Crippen LogP contribution in [0.4, 0.5) is 4.79 Å². The number of hydrogen-bond donors (Lipinski definition) is 0. The van der Waals surface area contributed by atoms with Crippen LogP contribution in [0, 0.1) is 0 Å². The van der Waals surface area contributed by atoms with E-state index in [0.29, 0.717) is 24.1 Å². The van der Waals surface area contributed by atoms with E-state index in [0.717, 1.165) is 5.56 Å². The topological polar surface area (TPSA) is 46.6 Å². The van der Waals surface area contributed by atoms with Crippen molar-refractivity contribution >= 4 is 29.5 Å². The lowest BCUT2D eigenvalue weighted by molar-refractivity contribution is -0.109. The molecule has 1 atom stereocenters. The third kappa shape index (κ3) is 2.73. The minimum Gasteiger partial charge on any atom is -0.445 e. The number of nitrogens with zero attached hydrogens (tertiary/aromatic N) is 1. The van der Waals surface area contributed by atoms with Crippen LogP contribution >= 0.6 is 12.2 Å². The fourth-order valence-electron chi connectivity index (χ4n) is 1.85. The van der Waals surface area contributed by atoms with Crippen molar-refractivity contribution in [3.8, 4) is 0 Å². The Morgan fingerprint density at radius 1 is 1.44 bits per heavy atom. The van der Waals surface area contributed by atoms with Crippen LogP contribution < -0.4 is 0 Å². The fraction of sp³-hybridized carbons (Fsp3) is 0.308. The van der Waals surface area contributed by atoms with Crippen LogP contribution in [-0.2, 0) is 16.1 Å². The molecule has 1 heterocycles. The molecule has 0 aromatic heterocycles. The summed E-state index contributed by atoms with van der Waals surface area (Å²) in [4.78, 5) is 24.7. The Hall–Kier alpha value is -1.75. The zero-order valence-corrected chi connectivity index (χ0v) is 10.6. The lowest BCUT2D eigenvalue weighted by Crippen LogP contribution is -2.39. The third-order valence-electron chi connectivity index (χ3n) is 2.83. The predicted octanol–water partition coefficient (Wildman–Crippen LogP) is 1.97. The minimum absolute atomic E-state index is 0.203. The van der Waals surface area contributed by atoms with Crippen molar-refractivity contribution in [1.29, 1.82) is 0 Å². The van der Waals surface area contributed by atoms with Gasteiger partial charge in [-0.1, -0.05) is 42.5 Å². The summed E-state index contributed by atoms with van der Waals surface area (Å²) in [5, 5.41) is 0. The van der Waals surface area contributed by atoms with Crippen molar-refractivity contribution < 1.29 is 14.3 Å². The highest BCUT2D eigenvalue weighted by Crippen LogP contribution is 2.15. The summed E-state index contributed by atoms with van der Waals surface area (Å²) in [6.45, 7) is 0.657. The molecule has 94 valence electrons. The van der Waals surface area contributed by atoms with E-state index in [1.165, 1.54) is 4.90 Å². The molecular formula is C13H13NO3S. The Bertz CT molecular complexity index is 461. The van der Waals surface area contributed by atoms with Gasteiger partial charge in [0.05, 0.1) is 0 Å². The second-order valence-electron chi connectivity index (χ2n) is 4.03. The van der Waals surface area contributed by atoms with Gasteiger partial charge in [-0.05, 0) is 12.0 Å². The lowest BCUT2D eigenvalue weighted by Gasteiger charge is -2.19. The molecule has 2 rings (SSSR count). The molecule has 0 saturated carbocycles. The maximum Gasteiger partial charge on any atom is 0.411 e. The van der Waals surface area contributed by atoms with Gasteiger partial charge in [-0.15, -0.1) is 0 Å². The van der Waals surface area contributed by atoms with E-state index in [1.54, 1.807) is 0 Å². The van der Waals surface area contributed by atoms with Crippen LogP contribution in [0.1, 0.15) is 12.0 Å². The van der Waals surface area contributed by atoms with Crippen molar-refractivity contribution in [2.75, 3.05) is 6.54 Å². The van der Waals surface area contributed by atoms with Crippen LogP contribution in [0.5, 0.6) is 0 Å². The highest BCUT2D eigenvalue weighted by atomic mass is 32.1. The van der Waals surface area contributed by atoms with E-state index in [1.807, 2.05) is 30.3 Å². The van der Waals surface area contributed by atoms with Crippen LogP contribution in [0.2, 0.25) is 0 Å². The molecule has 0 bridgehead atoms. The lowest BCUT2D eigenvalue weighted by atomic mass is 10.2. The summed E-state index contributed by atoms with van der Waals surface area (Å²) in [5.41, 5.74) is 0.912. The molecule has 0 aliphatic carbocycles. The number of amides is 1. The molecule has 1 saturated heterocycles. The highest BCUT2D eigenvalue weighted by Gasteiger charge is 2.33. The normalized spacial score (nSPS) is 18.8. The van der Waals surface area contributed by atoms with Gasteiger partial charge in [-0.25, -0.2) is 4.79 Å². The molecule has 0 spiro atoms. The van der Waals surface area contributed by atoms with E-state index >= 15 is 0 Å². The zero-order chi connectivity index (χ0) is 13.0. The van der Waals surface area contributed by atoms with E-state index in [-0.39, 0.29) is 6.61 Å². The number of carbonyl (C=O) groups excluding carboxylic acids is 2. The number of thiocarbonyl (C=S) groups is 1. The number of rotatable bonds is 3. The predicted molar refractivity (Wildman–Crippen MR) is 70.4 cm³/mol. The van der Waals surface area contributed by atoms with Gasteiger partial charge in [0.2, 0.25) is 0 Å². The Morgan fingerprint density at radius 2 is 2.17 bits per heavy atom. The van der Waals surface area contributed by atoms with Crippen molar-refractivity contribution in [2.45, 2.75) is 19.1 Å². The molecule has 1 aliphatic heterocycles. The number of benzene rings is 1. The molecule has 1 aromatic rings. The average molecular weight is 263 g/mol. The number of hydrogen-bond acceptors (Lipinski definition) is 4. The van der Waals surface area contributed by atoms with Gasteiger partial charge in [-0.2, -0.15) is 0 Å². The van der Waals surface area contributed by atoms with E-state index in [9.17, 15) is 9.59 Å². The largest absolute Gasteiger partial charge is 0.445 e. The first-order chi connectivity index (χ1) is 8.72. The Morgan fingerprint density at radius 3 is 2.83 bits per heavy atom. The molecule has 1 aromatic carbocycles. The molecule has 18 heavy (non-hydrogen) atoms. The van der Waals surface area contributed by atoms with E-state index < -0.39 is 12.1 Å².